The Morgan fingerprint density at radius 1 is 0.941 bits per heavy atom. The average Bonchev–Trinajstić information content (AvgIpc) is 3.24. The van der Waals surface area contributed by atoms with Gasteiger partial charge in [0.2, 0.25) is 5.91 Å². The number of H-pyrrole nitrogens is 1. The molecule has 5 aromatic rings. The number of pyridine rings is 2. The molecule has 0 saturated carbocycles. The van der Waals surface area contributed by atoms with Gasteiger partial charge in [0, 0.05) is 46.9 Å². The van der Waals surface area contributed by atoms with Crippen molar-refractivity contribution in [1.29, 1.82) is 0 Å². The van der Waals surface area contributed by atoms with Crippen molar-refractivity contribution in [2.75, 3.05) is 5.32 Å². The molecule has 2 aromatic carbocycles. The van der Waals surface area contributed by atoms with Gasteiger partial charge in [-0.25, -0.2) is 0 Å². The number of anilines is 1. The molecule has 0 aliphatic rings. The van der Waals surface area contributed by atoms with Gasteiger partial charge in [-0.3, -0.25) is 19.9 Å². The third-order valence-electron chi connectivity index (χ3n) is 5.48. The summed E-state index contributed by atoms with van der Waals surface area (Å²) < 4.78 is 0. The summed E-state index contributed by atoms with van der Waals surface area (Å²) in [6.45, 7) is 4.04. The number of nitrogens with zero attached hydrogens (tertiary/aromatic N) is 3. The van der Waals surface area contributed by atoms with Crippen LogP contribution in [0, 0.1) is 17.8 Å². The maximum absolute atomic E-state index is 12.1. The average molecular weight is 446 g/mol. The highest BCUT2D eigenvalue weighted by molar-refractivity contribution is 5.92. The zero-order valence-electron chi connectivity index (χ0n) is 19.0. The molecular weight excluding hydrogens is 422 g/mol. The molecule has 6 heteroatoms. The Morgan fingerprint density at radius 2 is 1.85 bits per heavy atom. The topological polar surface area (TPSA) is 83.6 Å². The SMILES string of the molecule is CC(C)CC(=O)Nc1cncc(-c2ccc3n[nH]c(C#Cc4ccc5cnccc5c4)c3c2)c1. The van der Waals surface area contributed by atoms with E-state index in [2.05, 4.69) is 43.4 Å². The normalized spacial score (nSPS) is 10.9. The first-order valence-corrected chi connectivity index (χ1v) is 11.1. The lowest BCUT2D eigenvalue weighted by atomic mass is 10.0. The molecule has 0 saturated heterocycles. The van der Waals surface area contributed by atoms with Gasteiger partial charge in [-0.15, -0.1) is 0 Å². The van der Waals surface area contributed by atoms with Crippen molar-refractivity contribution < 1.29 is 4.79 Å². The number of rotatable bonds is 4. The second kappa shape index (κ2) is 9.16. The Hall–Kier alpha value is -4.50. The summed E-state index contributed by atoms with van der Waals surface area (Å²) in [6.07, 6.45) is 7.55. The number of benzene rings is 2. The first-order valence-electron chi connectivity index (χ1n) is 11.1. The Labute approximate surface area is 197 Å². The Morgan fingerprint density at radius 3 is 2.74 bits per heavy atom. The molecule has 0 bridgehead atoms. The van der Waals surface area contributed by atoms with E-state index in [1.165, 1.54) is 0 Å². The number of carbonyl (C=O) groups excluding carboxylic acids is 1. The summed E-state index contributed by atoms with van der Waals surface area (Å²) in [7, 11) is 0. The minimum absolute atomic E-state index is 0.0123. The number of aromatic nitrogens is 4. The molecule has 166 valence electrons. The standard InChI is InChI=1S/C28H23N5O/c1-18(2)11-28(34)31-24-13-23(16-30-17-24)20-6-8-27-25(14-20)26(32-33-27)7-4-19-3-5-22-15-29-10-9-21(22)12-19/h3,5-6,8-10,12-18H,11H2,1-2H3,(H,31,34)(H,32,33). The minimum Gasteiger partial charge on any atom is -0.325 e. The van der Waals surface area contributed by atoms with Gasteiger partial charge in [0.15, 0.2) is 0 Å². The first-order chi connectivity index (χ1) is 16.5. The molecule has 0 fully saturated rings. The molecule has 6 nitrogen and oxygen atoms in total. The minimum atomic E-state index is -0.0123. The second-order valence-corrected chi connectivity index (χ2v) is 8.63. The largest absolute Gasteiger partial charge is 0.325 e. The van der Waals surface area contributed by atoms with Crippen LogP contribution in [0.2, 0.25) is 0 Å². The number of amides is 1. The summed E-state index contributed by atoms with van der Waals surface area (Å²) >= 11 is 0. The second-order valence-electron chi connectivity index (χ2n) is 8.63. The first kappa shape index (κ1) is 21.4. The monoisotopic (exact) mass is 445 g/mol. The quantitative estimate of drug-likeness (QED) is 0.355. The number of aromatic amines is 1. The van der Waals surface area contributed by atoms with Crippen molar-refractivity contribution in [3.8, 4) is 23.0 Å². The third kappa shape index (κ3) is 4.64. The summed E-state index contributed by atoms with van der Waals surface area (Å²) in [5.41, 5.74) is 5.08. The van der Waals surface area contributed by atoms with Crippen LogP contribution in [0.15, 0.2) is 73.3 Å². The molecule has 0 aliphatic heterocycles. The summed E-state index contributed by atoms with van der Waals surface area (Å²) in [4.78, 5) is 20.6. The Bertz CT molecular complexity index is 1570. The molecule has 34 heavy (non-hydrogen) atoms. The molecule has 5 rings (SSSR count). The Kier molecular flexibility index (Phi) is 5.75. The van der Waals surface area contributed by atoms with Crippen molar-refractivity contribution in [3.63, 3.8) is 0 Å². The van der Waals surface area contributed by atoms with Gasteiger partial charge >= 0.3 is 0 Å². The fourth-order valence-corrected chi connectivity index (χ4v) is 3.83. The van der Waals surface area contributed by atoms with Gasteiger partial charge in [-0.1, -0.05) is 31.9 Å². The van der Waals surface area contributed by atoms with Crippen LogP contribution in [0.25, 0.3) is 32.8 Å². The van der Waals surface area contributed by atoms with Gasteiger partial charge in [0.25, 0.3) is 0 Å². The number of fused-ring (bicyclic) bond motifs is 2. The molecule has 0 unspecified atom stereocenters. The lowest BCUT2D eigenvalue weighted by Gasteiger charge is -2.08. The van der Waals surface area contributed by atoms with E-state index in [1.54, 1.807) is 18.6 Å². The predicted octanol–water partition coefficient (Wildman–Crippen LogP) is 5.56. The fraction of sp³-hybridized carbons (Fsp3) is 0.143. The molecule has 2 N–H and O–H groups in total. The highest BCUT2D eigenvalue weighted by Gasteiger charge is 2.09. The van der Waals surface area contributed by atoms with Crippen molar-refractivity contribution in [3.05, 3.63) is 84.6 Å². The van der Waals surface area contributed by atoms with Crippen molar-refractivity contribution in [1.82, 2.24) is 20.2 Å². The van der Waals surface area contributed by atoms with Crippen molar-refractivity contribution >= 4 is 33.3 Å². The van der Waals surface area contributed by atoms with Crippen LogP contribution in [-0.4, -0.2) is 26.1 Å². The van der Waals surface area contributed by atoms with E-state index in [0.717, 1.165) is 44.1 Å². The van der Waals surface area contributed by atoms with Gasteiger partial charge in [-0.2, -0.15) is 5.10 Å². The number of hydrogen-bond donors (Lipinski definition) is 2. The summed E-state index contributed by atoms with van der Waals surface area (Å²) in [6, 6.07) is 16.0. The van der Waals surface area contributed by atoms with Crippen LogP contribution in [0.1, 0.15) is 31.5 Å². The van der Waals surface area contributed by atoms with Gasteiger partial charge in [0.1, 0.15) is 5.69 Å². The molecule has 1 amide bonds. The van der Waals surface area contributed by atoms with E-state index in [9.17, 15) is 4.79 Å². The van der Waals surface area contributed by atoms with Crippen LogP contribution in [0.4, 0.5) is 5.69 Å². The molecule has 0 radical (unpaired) electrons. The van der Waals surface area contributed by atoms with E-state index in [0.29, 0.717) is 18.0 Å². The fourth-order valence-electron chi connectivity index (χ4n) is 3.83. The van der Waals surface area contributed by atoms with Crippen LogP contribution < -0.4 is 5.32 Å². The molecule has 3 heterocycles. The van der Waals surface area contributed by atoms with E-state index in [-0.39, 0.29) is 5.91 Å². The van der Waals surface area contributed by atoms with Gasteiger partial charge in [0.05, 0.1) is 17.4 Å². The maximum Gasteiger partial charge on any atom is 0.224 e. The molecule has 0 spiro atoms. The number of hydrogen-bond acceptors (Lipinski definition) is 4. The van der Waals surface area contributed by atoms with Crippen LogP contribution in [-0.2, 0) is 4.79 Å². The Balaban J connectivity index is 1.44. The predicted molar refractivity (Wildman–Crippen MR) is 135 cm³/mol. The highest BCUT2D eigenvalue weighted by atomic mass is 16.1. The lowest BCUT2D eigenvalue weighted by molar-refractivity contribution is -0.116. The third-order valence-corrected chi connectivity index (χ3v) is 5.48. The van der Waals surface area contributed by atoms with Crippen LogP contribution in [0.3, 0.4) is 0 Å². The van der Waals surface area contributed by atoms with E-state index < -0.39 is 0 Å². The van der Waals surface area contributed by atoms with Crippen molar-refractivity contribution in [2.45, 2.75) is 20.3 Å². The summed E-state index contributed by atoms with van der Waals surface area (Å²) in [5.74, 6) is 6.75. The van der Waals surface area contributed by atoms with E-state index in [4.69, 9.17) is 0 Å². The van der Waals surface area contributed by atoms with Gasteiger partial charge < -0.3 is 5.32 Å². The maximum atomic E-state index is 12.1. The van der Waals surface area contributed by atoms with E-state index >= 15 is 0 Å². The smallest absolute Gasteiger partial charge is 0.224 e. The lowest BCUT2D eigenvalue weighted by Crippen LogP contribution is -2.13. The molecule has 3 aromatic heterocycles. The van der Waals surface area contributed by atoms with Gasteiger partial charge in [-0.05, 0) is 59.2 Å². The number of carbonyl (C=O) groups is 1. The number of nitrogens with one attached hydrogen (secondary N) is 2. The molecular formula is C28H23N5O. The van der Waals surface area contributed by atoms with E-state index in [1.807, 2.05) is 62.5 Å². The molecule has 0 aliphatic carbocycles. The highest BCUT2D eigenvalue weighted by Crippen LogP contribution is 2.26. The van der Waals surface area contributed by atoms with Crippen molar-refractivity contribution in [2.24, 2.45) is 5.92 Å². The summed E-state index contributed by atoms with van der Waals surface area (Å²) in [5, 5.41) is 13.5. The van der Waals surface area contributed by atoms with Crippen LogP contribution in [0.5, 0.6) is 0 Å². The molecule has 0 atom stereocenters. The zero-order chi connectivity index (χ0) is 23.5. The zero-order valence-corrected chi connectivity index (χ0v) is 19.0. The van der Waals surface area contributed by atoms with Crippen LogP contribution >= 0.6 is 0 Å².